The standard InChI is InChI=1S/C20H30FN3O3/c1-14-10-23(11-15(2)27-14)13-19(26)24(20(3,4)5)12-18(25)22-17-8-6-16(21)7-9-17/h6-9,14-15H,10-13H2,1-5H3,(H,22,25)/t14-,15-/m0/s1. The lowest BCUT2D eigenvalue weighted by atomic mass is 10.1. The molecule has 150 valence electrons. The van der Waals surface area contributed by atoms with E-state index < -0.39 is 5.54 Å². The van der Waals surface area contributed by atoms with Gasteiger partial charge in [0.2, 0.25) is 11.8 Å². The summed E-state index contributed by atoms with van der Waals surface area (Å²) in [5.74, 6) is -0.778. The van der Waals surface area contributed by atoms with Crippen molar-refractivity contribution in [2.45, 2.75) is 52.4 Å². The van der Waals surface area contributed by atoms with Gasteiger partial charge in [0.25, 0.3) is 0 Å². The number of amides is 2. The number of rotatable bonds is 5. The number of nitrogens with one attached hydrogen (secondary N) is 1. The van der Waals surface area contributed by atoms with Gasteiger partial charge in [0.05, 0.1) is 18.8 Å². The predicted octanol–water partition coefficient (Wildman–Crippen LogP) is 2.50. The monoisotopic (exact) mass is 379 g/mol. The van der Waals surface area contributed by atoms with E-state index in [9.17, 15) is 14.0 Å². The van der Waals surface area contributed by atoms with Gasteiger partial charge in [0.15, 0.2) is 0 Å². The van der Waals surface area contributed by atoms with Crippen molar-refractivity contribution in [3.05, 3.63) is 30.1 Å². The van der Waals surface area contributed by atoms with E-state index in [2.05, 4.69) is 10.2 Å². The highest BCUT2D eigenvalue weighted by atomic mass is 19.1. The Morgan fingerprint density at radius 2 is 1.74 bits per heavy atom. The summed E-state index contributed by atoms with van der Waals surface area (Å²) in [6.07, 6.45) is 0.151. The van der Waals surface area contributed by atoms with Crippen molar-refractivity contribution in [1.29, 1.82) is 0 Å². The topological polar surface area (TPSA) is 61.9 Å². The third-order valence-electron chi connectivity index (χ3n) is 4.39. The molecule has 0 saturated carbocycles. The molecule has 1 aromatic rings. The Morgan fingerprint density at radius 1 is 1.19 bits per heavy atom. The Morgan fingerprint density at radius 3 is 2.26 bits per heavy atom. The molecule has 1 aromatic carbocycles. The second kappa shape index (κ2) is 8.80. The number of carbonyl (C=O) groups excluding carboxylic acids is 2. The predicted molar refractivity (Wildman–Crippen MR) is 103 cm³/mol. The van der Waals surface area contributed by atoms with Gasteiger partial charge in [-0.2, -0.15) is 0 Å². The third-order valence-corrected chi connectivity index (χ3v) is 4.39. The van der Waals surface area contributed by atoms with Crippen LogP contribution in [0, 0.1) is 5.82 Å². The summed E-state index contributed by atoms with van der Waals surface area (Å²) in [5, 5.41) is 2.71. The molecule has 1 heterocycles. The number of halogens is 1. The number of morpholine rings is 1. The summed E-state index contributed by atoms with van der Waals surface area (Å²) >= 11 is 0. The number of carbonyl (C=O) groups is 2. The minimum absolute atomic E-state index is 0.0604. The lowest BCUT2D eigenvalue weighted by molar-refractivity contribution is -0.143. The molecule has 1 fully saturated rings. The van der Waals surface area contributed by atoms with Gasteiger partial charge in [-0.3, -0.25) is 14.5 Å². The Bertz CT molecular complexity index is 647. The van der Waals surface area contributed by atoms with Gasteiger partial charge >= 0.3 is 0 Å². The number of hydrogen-bond acceptors (Lipinski definition) is 4. The van der Waals surface area contributed by atoms with Crippen LogP contribution in [-0.2, 0) is 14.3 Å². The molecule has 6 nitrogen and oxygen atoms in total. The second-order valence-electron chi connectivity index (χ2n) is 8.16. The summed E-state index contributed by atoms with van der Waals surface area (Å²) in [4.78, 5) is 29.0. The number of benzene rings is 1. The Labute approximate surface area is 160 Å². The summed E-state index contributed by atoms with van der Waals surface area (Å²) < 4.78 is 18.7. The number of hydrogen-bond donors (Lipinski definition) is 1. The number of ether oxygens (including phenoxy) is 1. The van der Waals surface area contributed by atoms with Gasteiger partial charge < -0.3 is 15.0 Å². The SMILES string of the molecule is C[C@H]1CN(CC(=O)N(CC(=O)Nc2ccc(F)cc2)C(C)(C)C)C[C@H](C)O1. The van der Waals surface area contributed by atoms with Crippen molar-refractivity contribution < 1.29 is 18.7 Å². The highest BCUT2D eigenvalue weighted by molar-refractivity contribution is 5.95. The van der Waals surface area contributed by atoms with Crippen LogP contribution in [0.5, 0.6) is 0 Å². The zero-order chi connectivity index (χ0) is 20.2. The van der Waals surface area contributed by atoms with Crippen LogP contribution < -0.4 is 5.32 Å². The lowest BCUT2D eigenvalue weighted by Gasteiger charge is -2.39. The molecule has 1 N–H and O–H groups in total. The van der Waals surface area contributed by atoms with E-state index in [-0.39, 0.29) is 42.9 Å². The molecule has 1 saturated heterocycles. The molecule has 7 heteroatoms. The molecule has 0 unspecified atom stereocenters. The number of anilines is 1. The molecule has 2 atom stereocenters. The zero-order valence-corrected chi connectivity index (χ0v) is 16.8. The van der Waals surface area contributed by atoms with Crippen LogP contribution in [0.3, 0.4) is 0 Å². The average molecular weight is 379 g/mol. The number of nitrogens with zero attached hydrogens (tertiary/aromatic N) is 2. The van der Waals surface area contributed by atoms with Crippen LogP contribution in [0.1, 0.15) is 34.6 Å². The van der Waals surface area contributed by atoms with Crippen molar-refractivity contribution in [3.8, 4) is 0 Å². The first-order chi connectivity index (χ1) is 12.5. The van der Waals surface area contributed by atoms with Crippen LogP contribution >= 0.6 is 0 Å². The van der Waals surface area contributed by atoms with Gasteiger partial charge in [-0.15, -0.1) is 0 Å². The van der Waals surface area contributed by atoms with Crippen LogP contribution in [0.15, 0.2) is 24.3 Å². The van der Waals surface area contributed by atoms with Gasteiger partial charge in [-0.1, -0.05) is 0 Å². The highest BCUT2D eigenvalue weighted by Gasteiger charge is 2.31. The van der Waals surface area contributed by atoms with Crippen LogP contribution in [0.25, 0.3) is 0 Å². The van der Waals surface area contributed by atoms with Gasteiger partial charge in [0, 0.05) is 24.3 Å². The second-order valence-corrected chi connectivity index (χ2v) is 8.16. The Hall–Kier alpha value is -1.99. The quantitative estimate of drug-likeness (QED) is 0.854. The smallest absolute Gasteiger partial charge is 0.244 e. The Balaban J connectivity index is 2.00. The minimum atomic E-state index is -0.499. The van der Waals surface area contributed by atoms with Crippen molar-refractivity contribution in [2.75, 3.05) is 31.5 Å². The first kappa shape index (κ1) is 21.3. The van der Waals surface area contributed by atoms with Gasteiger partial charge in [-0.05, 0) is 58.9 Å². The van der Waals surface area contributed by atoms with Crippen molar-refractivity contribution in [2.24, 2.45) is 0 Å². The maximum Gasteiger partial charge on any atom is 0.244 e. The van der Waals surface area contributed by atoms with E-state index in [1.54, 1.807) is 4.90 Å². The fourth-order valence-electron chi connectivity index (χ4n) is 3.27. The third kappa shape index (κ3) is 6.59. The first-order valence-corrected chi connectivity index (χ1v) is 9.28. The van der Waals surface area contributed by atoms with E-state index in [1.165, 1.54) is 24.3 Å². The highest BCUT2D eigenvalue weighted by Crippen LogP contribution is 2.17. The molecule has 0 aliphatic carbocycles. The van der Waals surface area contributed by atoms with E-state index in [4.69, 9.17) is 4.74 Å². The largest absolute Gasteiger partial charge is 0.373 e. The maximum atomic E-state index is 13.0. The maximum absolute atomic E-state index is 13.0. The zero-order valence-electron chi connectivity index (χ0n) is 16.8. The van der Waals surface area contributed by atoms with Crippen molar-refractivity contribution in [1.82, 2.24) is 9.80 Å². The molecule has 1 aliphatic heterocycles. The van der Waals surface area contributed by atoms with Crippen LogP contribution in [-0.4, -0.2) is 65.5 Å². The first-order valence-electron chi connectivity index (χ1n) is 9.28. The molecule has 0 aromatic heterocycles. The molecule has 0 bridgehead atoms. The molecule has 2 rings (SSSR count). The molecule has 27 heavy (non-hydrogen) atoms. The fraction of sp³-hybridized carbons (Fsp3) is 0.600. The molecule has 0 spiro atoms. The molecular weight excluding hydrogens is 349 g/mol. The molecule has 0 radical (unpaired) electrons. The van der Waals surface area contributed by atoms with E-state index in [1.807, 2.05) is 34.6 Å². The van der Waals surface area contributed by atoms with E-state index in [0.717, 1.165) is 0 Å². The fourth-order valence-corrected chi connectivity index (χ4v) is 3.27. The lowest BCUT2D eigenvalue weighted by Crippen LogP contribution is -2.55. The van der Waals surface area contributed by atoms with Gasteiger partial charge in [0.1, 0.15) is 12.4 Å². The molecule has 1 aliphatic rings. The molecule has 2 amide bonds. The Kier molecular flexibility index (Phi) is 6.95. The van der Waals surface area contributed by atoms with Gasteiger partial charge in [-0.25, -0.2) is 4.39 Å². The normalized spacial score (nSPS) is 21.0. The molecular formula is C20H30FN3O3. The summed E-state index contributed by atoms with van der Waals surface area (Å²) in [7, 11) is 0. The van der Waals surface area contributed by atoms with Crippen molar-refractivity contribution in [3.63, 3.8) is 0 Å². The van der Waals surface area contributed by atoms with Crippen LogP contribution in [0.2, 0.25) is 0 Å². The van der Waals surface area contributed by atoms with Crippen LogP contribution in [0.4, 0.5) is 10.1 Å². The van der Waals surface area contributed by atoms with Crippen molar-refractivity contribution >= 4 is 17.5 Å². The van der Waals surface area contributed by atoms with E-state index in [0.29, 0.717) is 18.8 Å². The summed E-state index contributed by atoms with van der Waals surface area (Å²) in [6, 6.07) is 5.55. The summed E-state index contributed by atoms with van der Waals surface area (Å²) in [5.41, 5.74) is -0.000622. The average Bonchev–Trinajstić information content (AvgIpc) is 2.52. The minimum Gasteiger partial charge on any atom is -0.373 e. The summed E-state index contributed by atoms with van der Waals surface area (Å²) in [6.45, 7) is 11.3. The van der Waals surface area contributed by atoms with E-state index >= 15 is 0 Å².